The number of fused-ring (bicyclic) bond motifs is 1. The molecular weight excluding hydrogens is 236 g/mol. The minimum atomic E-state index is 0.390. The largest absolute Gasteiger partial charge is 0.334 e. The first-order valence-electron chi connectivity index (χ1n) is 5.17. The van der Waals surface area contributed by atoms with Crippen molar-refractivity contribution in [1.82, 2.24) is 19.9 Å². The fourth-order valence-corrected chi connectivity index (χ4v) is 1.82. The van der Waals surface area contributed by atoms with Gasteiger partial charge in [0, 0.05) is 5.56 Å². The predicted octanol–water partition coefficient (Wildman–Crippen LogP) is 2.98. The predicted molar refractivity (Wildman–Crippen MR) is 66.9 cm³/mol. The Balaban J connectivity index is 2.18. The maximum atomic E-state index is 5.96. The van der Waals surface area contributed by atoms with E-state index in [4.69, 9.17) is 11.6 Å². The zero-order valence-corrected chi connectivity index (χ0v) is 9.86. The lowest BCUT2D eigenvalue weighted by Crippen LogP contribution is -1.80. The number of hydrogen-bond acceptors (Lipinski definition) is 3. The number of aromatic nitrogens is 4. The molecule has 0 bridgehead atoms. The Hall–Kier alpha value is -1.94. The maximum absolute atomic E-state index is 5.96. The van der Waals surface area contributed by atoms with Gasteiger partial charge in [0.05, 0.1) is 0 Å². The topological polar surface area (TPSA) is 54.5 Å². The van der Waals surface area contributed by atoms with E-state index in [1.807, 2.05) is 31.2 Å². The van der Waals surface area contributed by atoms with Crippen LogP contribution in [-0.2, 0) is 0 Å². The minimum absolute atomic E-state index is 0.390. The van der Waals surface area contributed by atoms with Gasteiger partial charge in [0.25, 0.3) is 0 Å². The van der Waals surface area contributed by atoms with Gasteiger partial charge in [0.15, 0.2) is 10.8 Å². The van der Waals surface area contributed by atoms with Crippen LogP contribution in [0.3, 0.4) is 0 Å². The monoisotopic (exact) mass is 244 g/mol. The van der Waals surface area contributed by atoms with Gasteiger partial charge >= 0.3 is 0 Å². The first-order chi connectivity index (χ1) is 8.24. The first-order valence-corrected chi connectivity index (χ1v) is 5.55. The summed E-state index contributed by atoms with van der Waals surface area (Å²) in [6.07, 6.45) is 1.41. The molecule has 0 unspecified atom stereocenters. The molecule has 3 aromatic rings. The maximum Gasteiger partial charge on any atom is 0.182 e. The molecule has 0 fully saturated rings. The van der Waals surface area contributed by atoms with Crippen LogP contribution in [0.4, 0.5) is 0 Å². The molecule has 2 heterocycles. The molecule has 0 saturated carbocycles. The molecular formula is C12H9ClN4. The van der Waals surface area contributed by atoms with Crippen LogP contribution < -0.4 is 0 Å². The van der Waals surface area contributed by atoms with Crippen molar-refractivity contribution in [2.24, 2.45) is 0 Å². The van der Waals surface area contributed by atoms with E-state index in [1.54, 1.807) is 0 Å². The van der Waals surface area contributed by atoms with Crippen LogP contribution in [0, 0.1) is 6.92 Å². The molecule has 0 radical (unpaired) electrons. The molecule has 0 aliphatic heterocycles. The van der Waals surface area contributed by atoms with Crippen molar-refractivity contribution in [3.63, 3.8) is 0 Å². The number of halogens is 1. The van der Waals surface area contributed by atoms with Crippen LogP contribution in [0.5, 0.6) is 0 Å². The van der Waals surface area contributed by atoms with E-state index < -0.39 is 0 Å². The average Bonchev–Trinajstić information content (AvgIpc) is 2.75. The first kappa shape index (κ1) is 10.2. The van der Waals surface area contributed by atoms with Crippen molar-refractivity contribution < 1.29 is 0 Å². The summed E-state index contributed by atoms with van der Waals surface area (Å²) in [5.41, 5.74) is 3.47. The number of nitrogens with zero attached hydrogens (tertiary/aromatic N) is 3. The molecule has 17 heavy (non-hydrogen) atoms. The zero-order chi connectivity index (χ0) is 11.8. The summed E-state index contributed by atoms with van der Waals surface area (Å²) in [6.45, 7) is 2.05. The van der Waals surface area contributed by atoms with Crippen molar-refractivity contribution in [3.05, 3.63) is 41.3 Å². The number of aryl methyl sites for hydroxylation is 1. The van der Waals surface area contributed by atoms with Gasteiger partial charge in [-0.2, -0.15) is 0 Å². The summed E-state index contributed by atoms with van der Waals surface area (Å²) in [5, 5.41) is 0.390. The van der Waals surface area contributed by atoms with Gasteiger partial charge in [-0.05, 0) is 6.92 Å². The van der Waals surface area contributed by atoms with Crippen molar-refractivity contribution in [3.8, 4) is 11.4 Å². The third-order valence-electron chi connectivity index (χ3n) is 2.57. The molecule has 84 valence electrons. The third-order valence-corrected chi connectivity index (χ3v) is 2.85. The van der Waals surface area contributed by atoms with Gasteiger partial charge in [-0.15, -0.1) is 0 Å². The highest BCUT2D eigenvalue weighted by molar-refractivity contribution is 6.33. The highest BCUT2D eigenvalue weighted by Gasteiger charge is 2.08. The standard InChI is InChI=1S/C12H9ClN4/c1-7-2-4-8(5-3-7)11-16-9-10(13)14-6-15-12(9)17-11/h2-6H,1H3,(H,14,15,16,17). The van der Waals surface area contributed by atoms with Gasteiger partial charge in [-0.3, -0.25) is 0 Å². The highest BCUT2D eigenvalue weighted by atomic mass is 35.5. The van der Waals surface area contributed by atoms with Crippen LogP contribution in [0.15, 0.2) is 30.6 Å². The molecule has 0 spiro atoms. The molecule has 4 nitrogen and oxygen atoms in total. The fourth-order valence-electron chi connectivity index (χ4n) is 1.65. The SMILES string of the molecule is Cc1ccc(-c2nc3ncnc(Cl)c3[nH]2)cc1. The number of rotatable bonds is 1. The van der Waals surface area contributed by atoms with Crippen molar-refractivity contribution in [1.29, 1.82) is 0 Å². The quantitative estimate of drug-likeness (QED) is 0.670. The summed E-state index contributed by atoms with van der Waals surface area (Å²) in [5.74, 6) is 0.752. The lowest BCUT2D eigenvalue weighted by atomic mass is 10.1. The Labute approximate surface area is 103 Å². The summed E-state index contributed by atoms with van der Waals surface area (Å²) in [7, 11) is 0. The van der Waals surface area contributed by atoms with Gasteiger partial charge in [-0.1, -0.05) is 41.4 Å². The van der Waals surface area contributed by atoms with Crippen LogP contribution in [-0.4, -0.2) is 19.9 Å². The van der Waals surface area contributed by atoms with E-state index >= 15 is 0 Å². The number of aromatic amines is 1. The fraction of sp³-hybridized carbons (Fsp3) is 0.0833. The Kier molecular flexibility index (Phi) is 2.30. The number of benzene rings is 1. The summed E-state index contributed by atoms with van der Waals surface area (Å²) < 4.78 is 0. The molecule has 0 amide bonds. The van der Waals surface area contributed by atoms with Crippen LogP contribution in [0.1, 0.15) is 5.56 Å². The highest BCUT2D eigenvalue weighted by Crippen LogP contribution is 2.22. The normalized spacial score (nSPS) is 10.9. The van der Waals surface area contributed by atoms with Crippen molar-refractivity contribution in [2.45, 2.75) is 6.92 Å². The summed E-state index contributed by atoms with van der Waals surface area (Å²) in [6, 6.07) is 8.09. The van der Waals surface area contributed by atoms with Gasteiger partial charge < -0.3 is 4.98 Å². The second-order valence-corrected chi connectivity index (χ2v) is 4.17. The summed E-state index contributed by atoms with van der Waals surface area (Å²) in [4.78, 5) is 15.5. The number of imidazole rings is 1. The Morgan fingerprint density at radius 2 is 1.88 bits per heavy atom. The molecule has 3 rings (SSSR count). The van der Waals surface area contributed by atoms with E-state index in [0.29, 0.717) is 16.3 Å². The molecule has 0 aliphatic carbocycles. The van der Waals surface area contributed by atoms with Crippen LogP contribution >= 0.6 is 11.6 Å². The van der Waals surface area contributed by atoms with Gasteiger partial charge in [-0.25, -0.2) is 15.0 Å². The molecule has 1 N–H and O–H groups in total. The van der Waals surface area contributed by atoms with Crippen LogP contribution in [0.25, 0.3) is 22.6 Å². The van der Waals surface area contributed by atoms with Crippen LogP contribution in [0.2, 0.25) is 5.15 Å². The number of hydrogen-bond donors (Lipinski definition) is 1. The minimum Gasteiger partial charge on any atom is -0.334 e. The second kappa shape index (κ2) is 3.82. The Morgan fingerprint density at radius 3 is 2.59 bits per heavy atom. The average molecular weight is 245 g/mol. The number of H-pyrrole nitrogens is 1. The van der Waals surface area contributed by atoms with Crippen molar-refractivity contribution in [2.75, 3.05) is 0 Å². The van der Waals surface area contributed by atoms with E-state index in [9.17, 15) is 0 Å². The van der Waals surface area contributed by atoms with E-state index in [1.165, 1.54) is 11.9 Å². The zero-order valence-electron chi connectivity index (χ0n) is 9.11. The molecule has 2 aromatic heterocycles. The van der Waals surface area contributed by atoms with E-state index in [-0.39, 0.29) is 0 Å². The molecule has 0 saturated heterocycles. The van der Waals surface area contributed by atoms with Gasteiger partial charge in [0.1, 0.15) is 17.7 Å². The molecule has 1 aromatic carbocycles. The molecule has 0 aliphatic rings. The lowest BCUT2D eigenvalue weighted by Gasteiger charge is -1.96. The third kappa shape index (κ3) is 1.76. The number of nitrogens with one attached hydrogen (secondary N) is 1. The Bertz CT molecular complexity index is 673. The van der Waals surface area contributed by atoms with Gasteiger partial charge in [0.2, 0.25) is 0 Å². The molecule has 0 atom stereocenters. The van der Waals surface area contributed by atoms with E-state index in [0.717, 1.165) is 11.4 Å². The Morgan fingerprint density at radius 1 is 1.12 bits per heavy atom. The summed E-state index contributed by atoms with van der Waals surface area (Å²) >= 11 is 5.96. The lowest BCUT2D eigenvalue weighted by molar-refractivity contribution is 1.20. The molecule has 5 heteroatoms. The second-order valence-electron chi connectivity index (χ2n) is 3.81. The van der Waals surface area contributed by atoms with Crippen molar-refractivity contribution >= 4 is 22.8 Å². The smallest absolute Gasteiger partial charge is 0.182 e. The van der Waals surface area contributed by atoms with E-state index in [2.05, 4.69) is 19.9 Å².